The normalized spacial score (nSPS) is 17.7. The van der Waals surface area contributed by atoms with Gasteiger partial charge in [-0.05, 0) is 30.7 Å². The molecule has 0 aliphatic heterocycles. The Bertz CT molecular complexity index is 463. The lowest BCUT2D eigenvalue weighted by molar-refractivity contribution is 0.0946. The van der Waals surface area contributed by atoms with Crippen molar-refractivity contribution in [2.24, 2.45) is 5.92 Å². The summed E-state index contributed by atoms with van der Waals surface area (Å²) in [6.45, 7) is 1.88. The van der Waals surface area contributed by atoms with Crippen molar-refractivity contribution in [2.75, 3.05) is 0 Å². The number of carbonyl (C=O) groups excluding carboxylic acids is 1. The Hall–Kier alpha value is -1.62. The lowest BCUT2D eigenvalue weighted by Gasteiger charge is -2.22. The smallest absolute Gasteiger partial charge is 0.179 e. The monoisotopic (exact) mass is 255 g/mol. The Morgan fingerprint density at radius 1 is 1.26 bits per heavy atom. The third kappa shape index (κ3) is 3.23. The van der Waals surface area contributed by atoms with Crippen LogP contribution in [0.15, 0.2) is 24.3 Å². The van der Waals surface area contributed by atoms with Crippen LogP contribution in [0.5, 0.6) is 0 Å². The molecule has 1 fully saturated rings. The van der Waals surface area contributed by atoms with Crippen molar-refractivity contribution in [2.45, 2.75) is 51.4 Å². The number of hydrogen-bond acceptors (Lipinski definition) is 2. The number of Topliss-reactive ketones (excluding diaryl/α,β-unsaturated/α-hetero) is 1. The third-order valence-corrected chi connectivity index (χ3v) is 4.15. The molecule has 0 radical (unpaired) electrons. The standard InChI is InChI=1S/C17H21NO/c1-2-13(12-18)17(19)16-10-8-15(9-11-16)14-6-4-3-5-7-14/h8-11,13-14H,2-7H2,1H3. The zero-order valence-electron chi connectivity index (χ0n) is 11.6. The van der Waals surface area contributed by atoms with E-state index in [1.54, 1.807) is 0 Å². The fourth-order valence-corrected chi connectivity index (χ4v) is 2.89. The van der Waals surface area contributed by atoms with Gasteiger partial charge in [0.2, 0.25) is 0 Å². The van der Waals surface area contributed by atoms with Gasteiger partial charge in [-0.25, -0.2) is 0 Å². The first-order valence-electron chi connectivity index (χ1n) is 7.30. The second-order valence-corrected chi connectivity index (χ2v) is 5.41. The van der Waals surface area contributed by atoms with Crippen LogP contribution >= 0.6 is 0 Å². The fourth-order valence-electron chi connectivity index (χ4n) is 2.89. The van der Waals surface area contributed by atoms with Gasteiger partial charge in [-0.3, -0.25) is 4.79 Å². The van der Waals surface area contributed by atoms with Gasteiger partial charge in [-0.1, -0.05) is 50.5 Å². The molecule has 0 N–H and O–H groups in total. The maximum absolute atomic E-state index is 12.1. The lowest BCUT2D eigenvalue weighted by atomic mass is 9.83. The van der Waals surface area contributed by atoms with E-state index in [1.165, 1.54) is 37.7 Å². The quantitative estimate of drug-likeness (QED) is 0.745. The topological polar surface area (TPSA) is 40.9 Å². The van der Waals surface area contributed by atoms with Gasteiger partial charge in [0, 0.05) is 5.56 Å². The molecule has 2 rings (SSSR count). The number of rotatable bonds is 4. The molecule has 1 aliphatic carbocycles. The van der Waals surface area contributed by atoms with E-state index < -0.39 is 5.92 Å². The van der Waals surface area contributed by atoms with Crippen molar-refractivity contribution in [1.82, 2.24) is 0 Å². The molecule has 1 aromatic carbocycles. The van der Waals surface area contributed by atoms with E-state index in [2.05, 4.69) is 18.2 Å². The van der Waals surface area contributed by atoms with Crippen molar-refractivity contribution in [3.63, 3.8) is 0 Å². The summed E-state index contributed by atoms with van der Waals surface area (Å²) >= 11 is 0. The van der Waals surface area contributed by atoms with E-state index in [9.17, 15) is 4.79 Å². The van der Waals surface area contributed by atoms with Crippen LogP contribution in [-0.4, -0.2) is 5.78 Å². The molecule has 0 bridgehead atoms. The predicted octanol–water partition coefficient (Wildman–Crippen LogP) is 4.47. The van der Waals surface area contributed by atoms with Crippen molar-refractivity contribution in [1.29, 1.82) is 5.26 Å². The van der Waals surface area contributed by atoms with Crippen LogP contribution in [0.3, 0.4) is 0 Å². The van der Waals surface area contributed by atoms with Gasteiger partial charge in [0.1, 0.15) is 5.92 Å². The second kappa shape index (κ2) is 6.52. The SMILES string of the molecule is CCC(C#N)C(=O)c1ccc(C2CCCCC2)cc1. The Morgan fingerprint density at radius 2 is 1.89 bits per heavy atom. The van der Waals surface area contributed by atoms with Gasteiger partial charge in [0.05, 0.1) is 6.07 Å². The highest BCUT2D eigenvalue weighted by Crippen LogP contribution is 2.32. The molecule has 0 amide bonds. The summed E-state index contributed by atoms with van der Waals surface area (Å²) in [4.78, 5) is 12.1. The molecule has 2 heteroatoms. The molecule has 0 spiro atoms. The molecule has 1 aliphatic rings. The summed E-state index contributed by atoms with van der Waals surface area (Å²) < 4.78 is 0. The third-order valence-electron chi connectivity index (χ3n) is 4.15. The van der Waals surface area contributed by atoms with Gasteiger partial charge >= 0.3 is 0 Å². The van der Waals surface area contributed by atoms with E-state index >= 15 is 0 Å². The molecule has 2 nitrogen and oxygen atoms in total. The molecule has 1 unspecified atom stereocenters. The van der Waals surface area contributed by atoms with Crippen molar-refractivity contribution < 1.29 is 4.79 Å². The van der Waals surface area contributed by atoms with Crippen molar-refractivity contribution in [3.05, 3.63) is 35.4 Å². The van der Waals surface area contributed by atoms with Crippen LogP contribution in [0.4, 0.5) is 0 Å². The fraction of sp³-hybridized carbons (Fsp3) is 0.529. The number of carbonyl (C=O) groups is 1. The van der Waals surface area contributed by atoms with Gasteiger partial charge in [-0.15, -0.1) is 0 Å². The Morgan fingerprint density at radius 3 is 2.42 bits per heavy atom. The highest BCUT2D eigenvalue weighted by atomic mass is 16.1. The average Bonchev–Trinajstić information content (AvgIpc) is 2.49. The van der Waals surface area contributed by atoms with Gasteiger partial charge in [0.25, 0.3) is 0 Å². The lowest BCUT2D eigenvalue weighted by Crippen LogP contribution is -2.12. The molecule has 1 aromatic rings. The summed E-state index contributed by atoms with van der Waals surface area (Å²) in [6.07, 6.45) is 7.11. The van der Waals surface area contributed by atoms with Gasteiger partial charge in [0.15, 0.2) is 5.78 Å². The van der Waals surface area contributed by atoms with Crippen molar-refractivity contribution in [3.8, 4) is 6.07 Å². The van der Waals surface area contributed by atoms with Crippen LogP contribution in [0.25, 0.3) is 0 Å². The second-order valence-electron chi connectivity index (χ2n) is 5.41. The number of hydrogen-bond donors (Lipinski definition) is 0. The summed E-state index contributed by atoms with van der Waals surface area (Å²) in [5, 5.41) is 8.95. The van der Waals surface area contributed by atoms with Crippen molar-refractivity contribution >= 4 is 5.78 Å². The average molecular weight is 255 g/mol. The number of nitriles is 1. The summed E-state index contributed by atoms with van der Waals surface area (Å²) in [5.74, 6) is 0.122. The minimum absolute atomic E-state index is 0.0415. The van der Waals surface area contributed by atoms with Crippen LogP contribution in [0.1, 0.15) is 67.3 Å². The molecule has 0 heterocycles. The zero-order chi connectivity index (χ0) is 13.7. The number of nitrogens with zero attached hydrogens (tertiary/aromatic N) is 1. The minimum atomic E-state index is -0.500. The zero-order valence-corrected chi connectivity index (χ0v) is 11.6. The molecule has 0 saturated heterocycles. The van der Waals surface area contributed by atoms with E-state index in [4.69, 9.17) is 5.26 Å². The first kappa shape index (κ1) is 13.8. The first-order chi connectivity index (χ1) is 9.26. The molecule has 19 heavy (non-hydrogen) atoms. The van der Waals surface area contributed by atoms with Crippen LogP contribution in [0, 0.1) is 17.2 Å². The number of benzene rings is 1. The predicted molar refractivity (Wildman–Crippen MR) is 76.0 cm³/mol. The molecule has 1 saturated carbocycles. The molecule has 0 aromatic heterocycles. The summed E-state index contributed by atoms with van der Waals surface area (Å²) in [7, 11) is 0. The minimum Gasteiger partial charge on any atom is -0.293 e. The summed E-state index contributed by atoms with van der Waals surface area (Å²) in [5.41, 5.74) is 2.02. The molecular weight excluding hydrogens is 234 g/mol. The van der Waals surface area contributed by atoms with E-state index in [1.807, 2.05) is 19.1 Å². The Labute approximate surface area is 115 Å². The molecule has 100 valence electrons. The molecule has 1 atom stereocenters. The van der Waals surface area contributed by atoms with E-state index in [0.717, 1.165) is 0 Å². The maximum Gasteiger partial charge on any atom is 0.179 e. The highest BCUT2D eigenvalue weighted by molar-refractivity contribution is 5.99. The summed E-state index contributed by atoms with van der Waals surface area (Å²) in [6, 6.07) is 10.0. The van der Waals surface area contributed by atoms with Gasteiger partial charge in [-0.2, -0.15) is 5.26 Å². The van der Waals surface area contributed by atoms with Crippen LogP contribution in [0.2, 0.25) is 0 Å². The Balaban J connectivity index is 2.09. The van der Waals surface area contributed by atoms with Crippen LogP contribution in [-0.2, 0) is 0 Å². The van der Waals surface area contributed by atoms with Gasteiger partial charge < -0.3 is 0 Å². The van der Waals surface area contributed by atoms with Crippen LogP contribution < -0.4 is 0 Å². The first-order valence-corrected chi connectivity index (χ1v) is 7.30. The highest BCUT2D eigenvalue weighted by Gasteiger charge is 2.19. The maximum atomic E-state index is 12.1. The Kier molecular flexibility index (Phi) is 4.74. The van der Waals surface area contributed by atoms with E-state index in [0.29, 0.717) is 17.9 Å². The number of ketones is 1. The largest absolute Gasteiger partial charge is 0.293 e. The molecular formula is C17H21NO. The van der Waals surface area contributed by atoms with E-state index in [-0.39, 0.29) is 5.78 Å².